The van der Waals surface area contributed by atoms with Crippen LogP contribution in [-0.2, 0) is 6.42 Å². The van der Waals surface area contributed by atoms with Crippen LogP contribution >= 0.6 is 0 Å². The first kappa shape index (κ1) is 10.6. The lowest BCUT2D eigenvalue weighted by atomic mass is 9.88. The number of benzene rings is 1. The molecule has 15 heavy (non-hydrogen) atoms. The quantitative estimate of drug-likeness (QED) is 0.810. The van der Waals surface area contributed by atoms with Gasteiger partial charge in [-0.2, -0.15) is 0 Å². The van der Waals surface area contributed by atoms with Gasteiger partial charge in [0.05, 0.1) is 0 Å². The van der Waals surface area contributed by atoms with Crippen molar-refractivity contribution >= 4 is 0 Å². The van der Waals surface area contributed by atoms with Gasteiger partial charge in [-0.1, -0.05) is 6.07 Å². The van der Waals surface area contributed by atoms with Crippen molar-refractivity contribution in [3.05, 3.63) is 35.1 Å². The molecule has 0 aromatic heterocycles. The molecule has 1 nitrogen and oxygen atoms in total. The first-order valence-corrected chi connectivity index (χ1v) is 5.54. The van der Waals surface area contributed by atoms with Crippen LogP contribution in [-0.4, -0.2) is 6.04 Å². The summed E-state index contributed by atoms with van der Waals surface area (Å²) in [5.74, 6) is -0.143. The van der Waals surface area contributed by atoms with E-state index in [9.17, 15) is 4.39 Å². The zero-order valence-electron chi connectivity index (χ0n) is 9.39. The summed E-state index contributed by atoms with van der Waals surface area (Å²) in [5, 5.41) is 0. The van der Waals surface area contributed by atoms with Crippen LogP contribution in [0.2, 0.25) is 0 Å². The van der Waals surface area contributed by atoms with Crippen LogP contribution in [0, 0.1) is 18.2 Å². The highest BCUT2D eigenvalue weighted by molar-refractivity contribution is 5.29. The van der Waals surface area contributed by atoms with Gasteiger partial charge in [-0.25, -0.2) is 4.39 Å². The minimum absolute atomic E-state index is 0.143. The highest BCUT2D eigenvalue weighted by atomic mass is 19.1. The average Bonchev–Trinajstić information content (AvgIpc) is 2.92. The van der Waals surface area contributed by atoms with Gasteiger partial charge in [0, 0.05) is 6.04 Å². The molecule has 2 rings (SSSR count). The fraction of sp³-hybridized carbons (Fsp3) is 0.538. The Bertz CT molecular complexity index is 367. The van der Waals surface area contributed by atoms with E-state index in [0.29, 0.717) is 0 Å². The van der Waals surface area contributed by atoms with Crippen molar-refractivity contribution in [3.8, 4) is 0 Å². The fourth-order valence-electron chi connectivity index (χ4n) is 2.16. The first-order chi connectivity index (χ1) is 7.03. The summed E-state index contributed by atoms with van der Waals surface area (Å²) in [6.45, 7) is 4.09. The molecule has 1 aromatic rings. The lowest BCUT2D eigenvalue weighted by Crippen LogP contribution is -2.30. The molecule has 1 aliphatic rings. The Morgan fingerprint density at radius 1 is 1.47 bits per heavy atom. The van der Waals surface area contributed by atoms with Crippen molar-refractivity contribution < 1.29 is 4.39 Å². The van der Waals surface area contributed by atoms with Gasteiger partial charge in [0.2, 0.25) is 0 Å². The van der Waals surface area contributed by atoms with E-state index in [1.807, 2.05) is 13.0 Å². The maximum atomic E-state index is 13.1. The summed E-state index contributed by atoms with van der Waals surface area (Å²) in [5.41, 5.74) is 8.51. The molecule has 1 aromatic carbocycles. The standard InChI is InChI=1S/C13H18FN/c1-9-3-4-12(14)7-11(9)8-13(5-6-13)10(2)15/h3-4,7,10H,5-6,8,15H2,1-2H3. The molecular formula is C13H18FN. The Morgan fingerprint density at radius 3 is 2.67 bits per heavy atom. The molecule has 1 unspecified atom stereocenters. The minimum atomic E-state index is -0.143. The van der Waals surface area contributed by atoms with E-state index >= 15 is 0 Å². The van der Waals surface area contributed by atoms with Crippen LogP contribution in [0.25, 0.3) is 0 Å². The van der Waals surface area contributed by atoms with Crippen LogP contribution in [0.4, 0.5) is 4.39 Å². The lowest BCUT2D eigenvalue weighted by molar-refractivity contribution is 0.417. The number of nitrogens with two attached hydrogens (primary N) is 1. The Hall–Kier alpha value is -0.890. The van der Waals surface area contributed by atoms with Gasteiger partial charge in [0.15, 0.2) is 0 Å². The van der Waals surface area contributed by atoms with Crippen molar-refractivity contribution in [2.45, 2.75) is 39.2 Å². The molecule has 2 heteroatoms. The summed E-state index contributed by atoms with van der Waals surface area (Å²) < 4.78 is 13.1. The van der Waals surface area contributed by atoms with Gasteiger partial charge in [-0.3, -0.25) is 0 Å². The number of hydrogen-bond donors (Lipinski definition) is 1. The molecule has 1 atom stereocenters. The van der Waals surface area contributed by atoms with E-state index < -0.39 is 0 Å². The summed E-state index contributed by atoms with van der Waals surface area (Å²) >= 11 is 0. The maximum Gasteiger partial charge on any atom is 0.123 e. The Balaban J connectivity index is 2.21. The predicted molar refractivity (Wildman–Crippen MR) is 60.2 cm³/mol. The van der Waals surface area contributed by atoms with Crippen LogP contribution in [0.15, 0.2) is 18.2 Å². The van der Waals surface area contributed by atoms with Gasteiger partial charge in [0.25, 0.3) is 0 Å². The maximum absolute atomic E-state index is 13.1. The molecule has 0 amide bonds. The largest absolute Gasteiger partial charge is 0.327 e. The third kappa shape index (κ3) is 2.05. The fourth-order valence-corrected chi connectivity index (χ4v) is 2.16. The molecule has 2 N–H and O–H groups in total. The smallest absolute Gasteiger partial charge is 0.123 e. The van der Waals surface area contributed by atoms with Crippen molar-refractivity contribution in [3.63, 3.8) is 0 Å². The Morgan fingerprint density at radius 2 is 2.13 bits per heavy atom. The van der Waals surface area contributed by atoms with Crippen LogP contribution in [0.1, 0.15) is 30.9 Å². The molecule has 0 saturated heterocycles. The highest BCUT2D eigenvalue weighted by Gasteiger charge is 2.45. The van der Waals surface area contributed by atoms with E-state index in [1.165, 1.54) is 24.5 Å². The van der Waals surface area contributed by atoms with Crippen LogP contribution < -0.4 is 5.73 Å². The van der Waals surface area contributed by atoms with Gasteiger partial charge in [-0.15, -0.1) is 0 Å². The lowest BCUT2D eigenvalue weighted by Gasteiger charge is -2.20. The van der Waals surface area contributed by atoms with Crippen LogP contribution in [0.3, 0.4) is 0 Å². The number of rotatable bonds is 3. The molecule has 0 aliphatic heterocycles. The molecule has 82 valence electrons. The van der Waals surface area contributed by atoms with Crippen LogP contribution in [0.5, 0.6) is 0 Å². The van der Waals surface area contributed by atoms with E-state index in [1.54, 1.807) is 6.07 Å². The Labute approximate surface area is 90.5 Å². The first-order valence-electron chi connectivity index (χ1n) is 5.54. The second-order valence-corrected chi connectivity index (χ2v) is 4.90. The van der Waals surface area contributed by atoms with E-state index in [4.69, 9.17) is 5.73 Å². The zero-order chi connectivity index (χ0) is 11.1. The molecule has 1 fully saturated rings. The highest BCUT2D eigenvalue weighted by Crippen LogP contribution is 2.50. The number of aryl methyl sites for hydroxylation is 1. The molecule has 0 spiro atoms. The molecule has 0 heterocycles. The minimum Gasteiger partial charge on any atom is -0.327 e. The van der Waals surface area contributed by atoms with Crippen molar-refractivity contribution in [2.75, 3.05) is 0 Å². The number of hydrogen-bond acceptors (Lipinski definition) is 1. The van der Waals surface area contributed by atoms with Gasteiger partial charge >= 0.3 is 0 Å². The summed E-state index contributed by atoms with van der Waals surface area (Å²) in [4.78, 5) is 0. The van der Waals surface area contributed by atoms with Gasteiger partial charge < -0.3 is 5.73 Å². The summed E-state index contributed by atoms with van der Waals surface area (Å²) in [7, 11) is 0. The zero-order valence-corrected chi connectivity index (χ0v) is 9.39. The second-order valence-electron chi connectivity index (χ2n) is 4.90. The predicted octanol–water partition coefficient (Wildman–Crippen LogP) is 2.80. The second kappa shape index (κ2) is 3.60. The Kier molecular flexibility index (Phi) is 2.55. The van der Waals surface area contributed by atoms with Crippen molar-refractivity contribution in [1.82, 2.24) is 0 Å². The van der Waals surface area contributed by atoms with E-state index in [-0.39, 0.29) is 17.3 Å². The molecule has 0 bridgehead atoms. The van der Waals surface area contributed by atoms with Gasteiger partial charge in [-0.05, 0) is 61.8 Å². The normalized spacial score (nSPS) is 20.0. The third-order valence-corrected chi connectivity index (χ3v) is 3.71. The monoisotopic (exact) mass is 207 g/mol. The third-order valence-electron chi connectivity index (χ3n) is 3.71. The SMILES string of the molecule is Cc1ccc(F)cc1CC1(C(C)N)CC1. The topological polar surface area (TPSA) is 26.0 Å². The average molecular weight is 207 g/mol. The van der Waals surface area contributed by atoms with E-state index in [2.05, 4.69) is 6.92 Å². The molecule has 1 aliphatic carbocycles. The molecule has 1 saturated carbocycles. The van der Waals surface area contributed by atoms with Crippen molar-refractivity contribution in [1.29, 1.82) is 0 Å². The van der Waals surface area contributed by atoms with Gasteiger partial charge in [0.1, 0.15) is 5.82 Å². The van der Waals surface area contributed by atoms with E-state index in [0.717, 1.165) is 12.0 Å². The summed E-state index contributed by atoms with van der Waals surface area (Å²) in [6.07, 6.45) is 3.29. The summed E-state index contributed by atoms with van der Waals surface area (Å²) in [6, 6.07) is 5.23. The van der Waals surface area contributed by atoms with Crippen molar-refractivity contribution in [2.24, 2.45) is 11.1 Å². The molecular weight excluding hydrogens is 189 g/mol. The number of halogens is 1. The molecule has 0 radical (unpaired) electrons.